The highest BCUT2D eigenvalue weighted by molar-refractivity contribution is 5.44. The van der Waals surface area contributed by atoms with Crippen LogP contribution in [0.3, 0.4) is 0 Å². The molecular weight excluding hydrogens is 202 g/mol. The second kappa shape index (κ2) is 4.74. The number of phenolic OH excluding ortho intramolecular Hbond substituents is 2. The van der Waals surface area contributed by atoms with Crippen LogP contribution in [-0.4, -0.2) is 23.3 Å². The third kappa shape index (κ3) is 2.47. The molecule has 0 bridgehead atoms. The van der Waals surface area contributed by atoms with Crippen molar-refractivity contribution in [2.75, 3.05) is 13.1 Å². The van der Waals surface area contributed by atoms with Gasteiger partial charge in [-0.2, -0.15) is 0 Å². The lowest BCUT2D eigenvalue weighted by Gasteiger charge is -2.23. The van der Waals surface area contributed by atoms with Crippen molar-refractivity contribution in [3.05, 3.63) is 23.3 Å². The largest absolute Gasteiger partial charge is 0.508 e. The van der Waals surface area contributed by atoms with Crippen LogP contribution in [0.4, 0.5) is 0 Å². The summed E-state index contributed by atoms with van der Waals surface area (Å²) in [4.78, 5) is 0. The molecule has 2 rings (SSSR count). The van der Waals surface area contributed by atoms with E-state index in [0.29, 0.717) is 5.92 Å². The number of nitrogens with one attached hydrogen (secondary N) is 1. The number of aromatic hydroxyl groups is 2. The zero-order chi connectivity index (χ0) is 11.5. The average molecular weight is 221 g/mol. The summed E-state index contributed by atoms with van der Waals surface area (Å²) >= 11 is 0. The Morgan fingerprint density at radius 3 is 2.56 bits per heavy atom. The van der Waals surface area contributed by atoms with E-state index in [2.05, 4.69) is 5.32 Å². The van der Waals surface area contributed by atoms with Gasteiger partial charge < -0.3 is 15.5 Å². The highest BCUT2D eigenvalue weighted by Crippen LogP contribution is 2.30. The van der Waals surface area contributed by atoms with Crippen molar-refractivity contribution in [2.45, 2.75) is 26.2 Å². The molecule has 3 N–H and O–H groups in total. The zero-order valence-corrected chi connectivity index (χ0v) is 9.66. The highest BCUT2D eigenvalue weighted by atomic mass is 16.3. The lowest BCUT2D eigenvalue weighted by Crippen LogP contribution is -2.28. The fourth-order valence-corrected chi connectivity index (χ4v) is 2.31. The van der Waals surface area contributed by atoms with Gasteiger partial charge in [0.1, 0.15) is 11.5 Å². The number of hydrogen-bond donors (Lipinski definition) is 3. The van der Waals surface area contributed by atoms with E-state index in [9.17, 15) is 10.2 Å². The molecule has 16 heavy (non-hydrogen) atoms. The van der Waals surface area contributed by atoms with E-state index in [-0.39, 0.29) is 11.5 Å². The van der Waals surface area contributed by atoms with E-state index in [1.807, 2.05) is 13.0 Å². The van der Waals surface area contributed by atoms with Gasteiger partial charge in [0.25, 0.3) is 0 Å². The maximum atomic E-state index is 9.77. The number of piperidine rings is 1. The smallest absolute Gasteiger partial charge is 0.122 e. The van der Waals surface area contributed by atoms with E-state index < -0.39 is 0 Å². The summed E-state index contributed by atoms with van der Waals surface area (Å²) in [6, 6.07) is 3.35. The first-order valence-corrected chi connectivity index (χ1v) is 5.89. The summed E-state index contributed by atoms with van der Waals surface area (Å²) in [6.45, 7) is 4.01. The van der Waals surface area contributed by atoms with Crippen molar-refractivity contribution in [1.82, 2.24) is 5.32 Å². The van der Waals surface area contributed by atoms with Crippen LogP contribution in [0.5, 0.6) is 11.5 Å². The molecule has 0 saturated carbocycles. The third-order valence-corrected chi connectivity index (χ3v) is 3.36. The molecule has 1 saturated heterocycles. The van der Waals surface area contributed by atoms with Crippen LogP contribution < -0.4 is 5.32 Å². The summed E-state index contributed by atoms with van der Waals surface area (Å²) in [5.41, 5.74) is 1.80. The standard InChI is InChI=1S/C13H19NO2/c1-9-6-11(13(16)8-12(9)15)7-10-2-4-14-5-3-10/h6,8,10,14-16H,2-5,7H2,1H3. The normalized spacial score (nSPS) is 17.6. The molecule has 0 spiro atoms. The number of hydrogen-bond acceptors (Lipinski definition) is 3. The molecule has 1 aliphatic heterocycles. The second-order valence-corrected chi connectivity index (χ2v) is 4.66. The average Bonchev–Trinajstić information content (AvgIpc) is 2.27. The Bertz CT molecular complexity index is 370. The minimum absolute atomic E-state index is 0.173. The Labute approximate surface area is 96.1 Å². The Hall–Kier alpha value is -1.22. The molecule has 0 aromatic heterocycles. The summed E-state index contributed by atoms with van der Waals surface area (Å²) in [5.74, 6) is 1.05. The molecule has 88 valence electrons. The first-order valence-electron chi connectivity index (χ1n) is 5.89. The SMILES string of the molecule is Cc1cc(CC2CCNCC2)c(O)cc1O. The van der Waals surface area contributed by atoms with Gasteiger partial charge >= 0.3 is 0 Å². The Morgan fingerprint density at radius 1 is 1.19 bits per heavy atom. The van der Waals surface area contributed by atoms with Crippen molar-refractivity contribution in [1.29, 1.82) is 0 Å². The quantitative estimate of drug-likeness (QED) is 0.715. The predicted molar refractivity (Wildman–Crippen MR) is 63.8 cm³/mol. The summed E-state index contributed by atoms with van der Waals surface area (Å²) < 4.78 is 0. The predicted octanol–water partition coefficient (Wildman–Crippen LogP) is 1.95. The van der Waals surface area contributed by atoms with Crippen molar-refractivity contribution in [2.24, 2.45) is 5.92 Å². The maximum absolute atomic E-state index is 9.77. The van der Waals surface area contributed by atoms with Crippen LogP contribution in [0.25, 0.3) is 0 Å². The highest BCUT2D eigenvalue weighted by Gasteiger charge is 2.16. The minimum Gasteiger partial charge on any atom is -0.508 e. The van der Waals surface area contributed by atoms with Gasteiger partial charge in [0.15, 0.2) is 0 Å². The lowest BCUT2D eigenvalue weighted by molar-refractivity contribution is 0.365. The van der Waals surface area contributed by atoms with Crippen LogP contribution in [0.1, 0.15) is 24.0 Å². The molecular formula is C13H19NO2. The summed E-state index contributed by atoms with van der Waals surface area (Å²) in [5, 5.41) is 22.6. The van der Waals surface area contributed by atoms with Crippen LogP contribution in [-0.2, 0) is 6.42 Å². The number of benzene rings is 1. The summed E-state index contributed by atoms with van der Waals surface area (Å²) in [6.07, 6.45) is 3.24. The van der Waals surface area contributed by atoms with Gasteiger partial charge in [-0.1, -0.05) is 0 Å². The molecule has 1 aromatic carbocycles. The monoisotopic (exact) mass is 221 g/mol. The Balaban J connectivity index is 2.11. The molecule has 0 atom stereocenters. The van der Waals surface area contributed by atoms with Crippen LogP contribution in [0, 0.1) is 12.8 Å². The van der Waals surface area contributed by atoms with Crippen LogP contribution in [0.15, 0.2) is 12.1 Å². The van der Waals surface area contributed by atoms with Crippen LogP contribution >= 0.6 is 0 Å². The van der Waals surface area contributed by atoms with Gasteiger partial charge in [0.05, 0.1) is 0 Å². The first-order chi connectivity index (χ1) is 7.66. The number of rotatable bonds is 2. The third-order valence-electron chi connectivity index (χ3n) is 3.36. The molecule has 0 amide bonds. The Kier molecular flexibility index (Phi) is 3.34. The maximum Gasteiger partial charge on any atom is 0.122 e. The first kappa shape index (κ1) is 11.3. The van der Waals surface area contributed by atoms with Crippen molar-refractivity contribution in [3.63, 3.8) is 0 Å². The van der Waals surface area contributed by atoms with E-state index in [0.717, 1.165) is 30.6 Å². The molecule has 3 heteroatoms. The second-order valence-electron chi connectivity index (χ2n) is 4.66. The van der Waals surface area contributed by atoms with Gasteiger partial charge in [-0.3, -0.25) is 0 Å². The van der Waals surface area contributed by atoms with Gasteiger partial charge in [0, 0.05) is 6.07 Å². The minimum atomic E-state index is 0.173. The van der Waals surface area contributed by atoms with Crippen molar-refractivity contribution in [3.8, 4) is 11.5 Å². The van der Waals surface area contributed by atoms with Crippen molar-refractivity contribution >= 4 is 0 Å². The molecule has 1 heterocycles. The summed E-state index contributed by atoms with van der Waals surface area (Å²) in [7, 11) is 0. The zero-order valence-electron chi connectivity index (χ0n) is 9.66. The molecule has 1 aliphatic rings. The topological polar surface area (TPSA) is 52.5 Å². The number of aryl methyl sites for hydroxylation is 1. The van der Waals surface area contributed by atoms with E-state index in [1.165, 1.54) is 18.9 Å². The molecule has 0 unspecified atom stereocenters. The molecule has 1 aromatic rings. The number of phenols is 2. The lowest BCUT2D eigenvalue weighted by atomic mass is 9.90. The van der Waals surface area contributed by atoms with Gasteiger partial charge in [-0.05, 0) is 62.4 Å². The van der Waals surface area contributed by atoms with Crippen molar-refractivity contribution < 1.29 is 10.2 Å². The fourth-order valence-electron chi connectivity index (χ4n) is 2.31. The molecule has 0 radical (unpaired) electrons. The van der Waals surface area contributed by atoms with Gasteiger partial charge in [-0.25, -0.2) is 0 Å². The molecule has 3 nitrogen and oxygen atoms in total. The molecule has 0 aliphatic carbocycles. The van der Waals surface area contributed by atoms with E-state index in [4.69, 9.17) is 0 Å². The van der Waals surface area contributed by atoms with E-state index in [1.54, 1.807) is 0 Å². The van der Waals surface area contributed by atoms with Gasteiger partial charge in [-0.15, -0.1) is 0 Å². The Morgan fingerprint density at radius 2 is 1.88 bits per heavy atom. The van der Waals surface area contributed by atoms with E-state index >= 15 is 0 Å². The fraction of sp³-hybridized carbons (Fsp3) is 0.538. The van der Waals surface area contributed by atoms with Gasteiger partial charge in [0.2, 0.25) is 0 Å². The molecule has 1 fully saturated rings. The van der Waals surface area contributed by atoms with Crippen LogP contribution in [0.2, 0.25) is 0 Å².